The van der Waals surface area contributed by atoms with E-state index in [2.05, 4.69) is 0 Å². The van der Waals surface area contributed by atoms with Gasteiger partial charge in [0.1, 0.15) is 6.04 Å². The summed E-state index contributed by atoms with van der Waals surface area (Å²) in [4.78, 5) is 22.6. The van der Waals surface area contributed by atoms with Crippen molar-refractivity contribution in [2.45, 2.75) is 10.8 Å². The molecule has 29 heavy (non-hydrogen) atoms. The SMILES string of the molecule is N[C@H](CSC(c1ccccc1)(c1ccccc1)c1ccc(C(=O)O)cc1)C(=O)O. The van der Waals surface area contributed by atoms with Gasteiger partial charge in [-0.05, 0) is 28.8 Å². The third kappa shape index (κ3) is 4.34. The van der Waals surface area contributed by atoms with E-state index in [1.54, 1.807) is 24.3 Å². The van der Waals surface area contributed by atoms with Crippen LogP contribution in [-0.4, -0.2) is 33.9 Å². The quantitative estimate of drug-likeness (QED) is 0.491. The molecule has 0 aliphatic rings. The molecule has 0 saturated heterocycles. The zero-order valence-corrected chi connectivity index (χ0v) is 16.4. The van der Waals surface area contributed by atoms with Gasteiger partial charge in [-0.15, -0.1) is 11.8 Å². The molecule has 148 valence electrons. The summed E-state index contributed by atoms with van der Waals surface area (Å²) in [5, 5.41) is 18.5. The van der Waals surface area contributed by atoms with Crippen molar-refractivity contribution in [3.8, 4) is 0 Å². The van der Waals surface area contributed by atoms with Crippen molar-refractivity contribution in [3.63, 3.8) is 0 Å². The van der Waals surface area contributed by atoms with Crippen LogP contribution in [0.5, 0.6) is 0 Å². The Kier molecular flexibility index (Phi) is 6.36. The number of carboxylic acid groups (broad SMARTS) is 2. The largest absolute Gasteiger partial charge is 0.480 e. The van der Waals surface area contributed by atoms with Crippen LogP contribution in [0.25, 0.3) is 0 Å². The first kappa shape index (κ1) is 20.6. The first-order chi connectivity index (χ1) is 13.9. The monoisotopic (exact) mass is 407 g/mol. The third-order valence-electron chi connectivity index (χ3n) is 4.70. The molecular weight excluding hydrogens is 386 g/mol. The molecule has 0 heterocycles. The predicted molar refractivity (Wildman–Crippen MR) is 114 cm³/mol. The van der Waals surface area contributed by atoms with Gasteiger partial charge >= 0.3 is 11.9 Å². The topological polar surface area (TPSA) is 101 Å². The lowest BCUT2D eigenvalue weighted by Crippen LogP contribution is -2.36. The summed E-state index contributed by atoms with van der Waals surface area (Å²) in [6.45, 7) is 0. The van der Waals surface area contributed by atoms with Gasteiger partial charge in [-0.2, -0.15) is 0 Å². The van der Waals surface area contributed by atoms with Crippen molar-refractivity contribution in [1.29, 1.82) is 0 Å². The fourth-order valence-electron chi connectivity index (χ4n) is 3.23. The third-order valence-corrected chi connectivity index (χ3v) is 6.36. The minimum absolute atomic E-state index is 0.180. The number of nitrogens with two attached hydrogens (primary N) is 1. The van der Waals surface area contributed by atoms with Gasteiger partial charge < -0.3 is 15.9 Å². The highest BCUT2D eigenvalue weighted by molar-refractivity contribution is 8.00. The van der Waals surface area contributed by atoms with Crippen molar-refractivity contribution < 1.29 is 19.8 Å². The molecule has 3 aromatic rings. The second kappa shape index (κ2) is 8.94. The van der Waals surface area contributed by atoms with Crippen LogP contribution in [0.15, 0.2) is 84.9 Å². The smallest absolute Gasteiger partial charge is 0.335 e. The summed E-state index contributed by atoms with van der Waals surface area (Å²) in [6, 6.07) is 25.1. The molecule has 5 nitrogen and oxygen atoms in total. The van der Waals surface area contributed by atoms with Crippen LogP contribution < -0.4 is 5.73 Å². The Morgan fingerprint density at radius 1 is 0.793 bits per heavy atom. The van der Waals surface area contributed by atoms with Gasteiger partial charge in [0.05, 0.1) is 10.3 Å². The molecule has 4 N–H and O–H groups in total. The van der Waals surface area contributed by atoms with Crippen LogP contribution in [0.1, 0.15) is 27.0 Å². The van der Waals surface area contributed by atoms with Crippen LogP contribution in [0.2, 0.25) is 0 Å². The fourth-order valence-corrected chi connectivity index (χ4v) is 4.71. The van der Waals surface area contributed by atoms with Gasteiger partial charge in [-0.25, -0.2) is 4.79 Å². The normalized spacial score (nSPS) is 12.3. The van der Waals surface area contributed by atoms with Crippen molar-refractivity contribution >= 4 is 23.7 Å². The van der Waals surface area contributed by atoms with E-state index in [9.17, 15) is 19.8 Å². The number of hydrogen-bond donors (Lipinski definition) is 3. The van der Waals surface area contributed by atoms with Crippen molar-refractivity contribution in [2.75, 3.05) is 5.75 Å². The van der Waals surface area contributed by atoms with Gasteiger partial charge in [-0.1, -0.05) is 72.8 Å². The van der Waals surface area contributed by atoms with E-state index in [0.29, 0.717) is 0 Å². The van der Waals surface area contributed by atoms with Gasteiger partial charge in [-0.3, -0.25) is 4.79 Å². The molecule has 0 spiro atoms. The second-order valence-electron chi connectivity index (χ2n) is 6.55. The molecule has 0 saturated carbocycles. The predicted octanol–water partition coefficient (Wildman–Crippen LogP) is 3.82. The Labute approximate surface area is 173 Å². The van der Waals surface area contributed by atoms with E-state index in [0.717, 1.165) is 16.7 Å². The number of hydrogen-bond acceptors (Lipinski definition) is 4. The Balaban J connectivity index is 2.21. The molecule has 0 amide bonds. The number of carboxylic acids is 2. The number of rotatable bonds is 8. The summed E-state index contributed by atoms with van der Waals surface area (Å²) in [5.74, 6) is -1.88. The molecule has 0 aromatic heterocycles. The van der Waals surface area contributed by atoms with Crippen LogP contribution in [0.4, 0.5) is 0 Å². The van der Waals surface area contributed by atoms with E-state index >= 15 is 0 Å². The molecule has 3 rings (SSSR count). The van der Waals surface area contributed by atoms with Gasteiger partial charge in [0, 0.05) is 5.75 Å². The first-order valence-corrected chi connectivity index (χ1v) is 10.0. The fraction of sp³-hybridized carbons (Fsp3) is 0.130. The number of aromatic carboxylic acids is 1. The average Bonchev–Trinajstić information content (AvgIpc) is 2.76. The van der Waals surface area contributed by atoms with Crippen molar-refractivity contribution in [2.24, 2.45) is 5.73 Å². The average molecular weight is 407 g/mol. The number of carbonyl (C=O) groups is 2. The molecular formula is C23H21NO4S. The van der Waals surface area contributed by atoms with Gasteiger partial charge in [0.25, 0.3) is 0 Å². The Bertz CT molecular complexity index is 935. The van der Waals surface area contributed by atoms with E-state index in [1.807, 2.05) is 60.7 Å². The summed E-state index contributed by atoms with van der Waals surface area (Å²) >= 11 is 1.43. The number of benzene rings is 3. The summed E-state index contributed by atoms with van der Waals surface area (Å²) in [6.07, 6.45) is 0. The zero-order valence-electron chi connectivity index (χ0n) is 15.6. The highest BCUT2D eigenvalue weighted by atomic mass is 32.2. The first-order valence-electron chi connectivity index (χ1n) is 9.02. The molecule has 3 aromatic carbocycles. The molecule has 0 unspecified atom stereocenters. The van der Waals surface area contributed by atoms with Crippen LogP contribution >= 0.6 is 11.8 Å². The highest BCUT2D eigenvalue weighted by Gasteiger charge is 2.38. The maximum atomic E-state index is 11.3. The molecule has 0 aliphatic carbocycles. The van der Waals surface area contributed by atoms with E-state index in [-0.39, 0.29) is 11.3 Å². The van der Waals surface area contributed by atoms with E-state index < -0.39 is 22.7 Å². The molecule has 6 heteroatoms. The molecule has 0 fully saturated rings. The summed E-state index contributed by atoms with van der Waals surface area (Å²) in [5.41, 5.74) is 8.77. The minimum Gasteiger partial charge on any atom is -0.480 e. The van der Waals surface area contributed by atoms with Crippen LogP contribution in [0.3, 0.4) is 0 Å². The minimum atomic E-state index is -1.06. The summed E-state index contributed by atoms with van der Waals surface area (Å²) in [7, 11) is 0. The zero-order chi connectivity index (χ0) is 20.9. The lowest BCUT2D eigenvalue weighted by Gasteiger charge is -2.36. The van der Waals surface area contributed by atoms with Crippen LogP contribution in [0, 0.1) is 0 Å². The lowest BCUT2D eigenvalue weighted by atomic mass is 9.83. The van der Waals surface area contributed by atoms with Gasteiger partial charge in [0.15, 0.2) is 0 Å². The Morgan fingerprint density at radius 3 is 1.66 bits per heavy atom. The molecule has 1 atom stereocenters. The van der Waals surface area contributed by atoms with Crippen molar-refractivity contribution in [3.05, 3.63) is 107 Å². The second-order valence-corrected chi connectivity index (χ2v) is 7.79. The number of thioether (sulfide) groups is 1. The molecule has 0 bridgehead atoms. The summed E-state index contributed by atoms with van der Waals surface area (Å²) < 4.78 is -0.743. The van der Waals surface area contributed by atoms with E-state index in [1.165, 1.54) is 11.8 Å². The molecule has 0 radical (unpaired) electrons. The van der Waals surface area contributed by atoms with Gasteiger partial charge in [0.2, 0.25) is 0 Å². The van der Waals surface area contributed by atoms with Crippen molar-refractivity contribution in [1.82, 2.24) is 0 Å². The highest BCUT2D eigenvalue weighted by Crippen LogP contribution is 2.48. The molecule has 0 aliphatic heterocycles. The Hall–Kier alpha value is -3.09. The van der Waals surface area contributed by atoms with E-state index in [4.69, 9.17) is 5.73 Å². The van der Waals surface area contributed by atoms with Crippen LogP contribution in [-0.2, 0) is 9.54 Å². The maximum absolute atomic E-state index is 11.3. The maximum Gasteiger partial charge on any atom is 0.335 e. The Morgan fingerprint density at radius 2 is 1.24 bits per heavy atom. The number of aliphatic carboxylic acids is 1. The standard InChI is InChI=1S/C23H21NO4S/c24-20(22(27)28)15-29-23(17-7-3-1-4-8-17,18-9-5-2-6-10-18)19-13-11-16(12-14-19)21(25)26/h1-14,20H,15,24H2,(H,25,26)(H,27,28)/t20-/m1/s1. The lowest BCUT2D eigenvalue weighted by molar-refractivity contribution is -0.137.